The Morgan fingerprint density at radius 3 is 2.61 bits per heavy atom. The maximum atomic E-state index is 12.8. The van der Waals surface area contributed by atoms with Crippen LogP contribution in [0.5, 0.6) is 11.5 Å². The number of nitrogens with one attached hydrogen (secondary N) is 1. The molecular formula is C21H22N6O4. The lowest BCUT2D eigenvalue weighted by Gasteiger charge is -2.20. The minimum Gasteiger partial charge on any atom is -0.497 e. The second kappa shape index (κ2) is 8.42. The van der Waals surface area contributed by atoms with Crippen molar-refractivity contribution < 1.29 is 19.1 Å². The van der Waals surface area contributed by atoms with Gasteiger partial charge in [-0.25, -0.2) is 4.68 Å². The summed E-state index contributed by atoms with van der Waals surface area (Å²) in [6, 6.07) is 10.7. The quantitative estimate of drug-likeness (QED) is 0.646. The number of benzene rings is 2. The topological polar surface area (TPSA) is 111 Å². The SMILES string of the molecule is COc1ccc(N2CC(C(=O)Nc3ccc(-n4cnnn4)c(C)c3)CC2=O)c(OC)c1. The summed E-state index contributed by atoms with van der Waals surface area (Å²) in [5.74, 6) is 0.329. The summed E-state index contributed by atoms with van der Waals surface area (Å²) >= 11 is 0. The molecule has 0 bridgehead atoms. The third-order valence-electron chi connectivity index (χ3n) is 5.23. The maximum absolute atomic E-state index is 12.8. The molecule has 10 heteroatoms. The third-order valence-corrected chi connectivity index (χ3v) is 5.23. The number of tetrazole rings is 1. The fraction of sp³-hybridized carbons (Fsp3) is 0.286. The molecule has 3 aromatic rings. The molecule has 1 aliphatic heterocycles. The lowest BCUT2D eigenvalue weighted by molar-refractivity contribution is -0.122. The average Bonchev–Trinajstić information content (AvgIpc) is 3.43. The molecular weight excluding hydrogens is 400 g/mol. The summed E-state index contributed by atoms with van der Waals surface area (Å²) in [5.41, 5.74) is 2.98. The number of rotatable bonds is 6. The molecule has 2 aromatic carbocycles. The van der Waals surface area contributed by atoms with Crippen LogP contribution in [0.3, 0.4) is 0 Å². The molecule has 0 spiro atoms. The first-order valence-electron chi connectivity index (χ1n) is 9.67. The van der Waals surface area contributed by atoms with Crippen molar-refractivity contribution in [1.82, 2.24) is 20.2 Å². The molecule has 1 atom stereocenters. The number of nitrogens with zero attached hydrogens (tertiary/aromatic N) is 5. The number of aromatic nitrogens is 4. The predicted molar refractivity (Wildman–Crippen MR) is 113 cm³/mol. The number of aryl methyl sites for hydroxylation is 1. The van der Waals surface area contributed by atoms with E-state index in [0.29, 0.717) is 22.9 Å². The minimum absolute atomic E-state index is 0.128. The van der Waals surface area contributed by atoms with Crippen LogP contribution < -0.4 is 19.7 Å². The van der Waals surface area contributed by atoms with Crippen molar-refractivity contribution in [2.24, 2.45) is 5.92 Å². The summed E-state index contributed by atoms with van der Waals surface area (Å²) in [5, 5.41) is 14.1. The smallest absolute Gasteiger partial charge is 0.229 e. The van der Waals surface area contributed by atoms with Crippen molar-refractivity contribution in [3.63, 3.8) is 0 Å². The molecule has 0 aliphatic carbocycles. The van der Waals surface area contributed by atoms with Crippen molar-refractivity contribution in [2.45, 2.75) is 13.3 Å². The van der Waals surface area contributed by atoms with E-state index in [1.165, 1.54) is 13.4 Å². The number of carbonyl (C=O) groups excluding carboxylic acids is 2. The van der Waals surface area contributed by atoms with Gasteiger partial charge in [-0.3, -0.25) is 9.59 Å². The highest BCUT2D eigenvalue weighted by atomic mass is 16.5. The monoisotopic (exact) mass is 422 g/mol. The Morgan fingerprint density at radius 2 is 1.94 bits per heavy atom. The highest BCUT2D eigenvalue weighted by molar-refractivity contribution is 6.04. The standard InChI is InChI=1S/C21H22N6O4/c1-13-8-15(4-6-17(13)27-12-22-24-25-27)23-21(29)14-9-20(28)26(11-14)18-7-5-16(30-2)10-19(18)31-3/h4-8,10,12,14H,9,11H2,1-3H3,(H,23,29). The largest absolute Gasteiger partial charge is 0.497 e. The van der Waals surface area contributed by atoms with Crippen molar-refractivity contribution in [2.75, 3.05) is 31.0 Å². The molecule has 1 saturated heterocycles. The van der Waals surface area contributed by atoms with Gasteiger partial charge in [0.1, 0.15) is 17.8 Å². The van der Waals surface area contributed by atoms with Crippen molar-refractivity contribution in [3.05, 3.63) is 48.3 Å². The highest BCUT2D eigenvalue weighted by Crippen LogP contribution is 2.36. The van der Waals surface area contributed by atoms with Gasteiger partial charge in [0.2, 0.25) is 11.8 Å². The van der Waals surface area contributed by atoms with Gasteiger partial charge in [0.05, 0.1) is 31.5 Å². The number of hydrogen-bond acceptors (Lipinski definition) is 7. The van der Waals surface area contributed by atoms with E-state index in [2.05, 4.69) is 20.8 Å². The van der Waals surface area contributed by atoms with Gasteiger partial charge in [-0.15, -0.1) is 5.10 Å². The average molecular weight is 422 g/mol. The number of methoxy groups -OCH3 is 2. The van der Waals surface area contributed by atoms with Gasteiger partial charge in [0, 0.05) is 24.7 Å². The molecule has 1 unspecified atom stereocenters. The Hall–Kier alpha value is -3.95. The molecule has 0 saturated carbocycles. The zero-order valence-electron chi connectivity index (χ0n) is 17.4. The van der Waals surface area contributed by atoms with Gasteiger partial charge in [-0.2, -0.15) is 0 Å². The first-order valence-corrected chi connectivity index (χ1v) is 9.67. The first kappa shape index (κ1) is 20.3. The van der Waals surface area contributed by atoms with Crippen molar-refractivity contribution >= 4 is 23.2 Å². The fourth-order valence-corrected chi connectivity index (χ4v) is 3.63. The van der Waals surface area contributed by atoms with Crippen molar-refractivity contribution in [1.29, 1.82) is 0 Å². The molecule has 2 amide bonds. The van der Waals surface area contributed by atoms with E-state index in [1.807, 2.05) is 19.1 Å². The predicted octanol–water partition coefficient (Wildman–Crippen LogP) is 1.98. The van der Waals surface area contributed by atoms with Crippen LogP contribution in [-0.4, -0.2) is 52.8 Å². The number of anilines is 2. The van der Waals surface area contributed by atoms with Crippen LogP contribution in [0.15, 0.2) is 42.7 Å². The second-order valence-electron chi connectivity index (χ2n) is 7.19. The summed E-state index contributed by atoms with van der Waals surface area (Å²) < 4.78 is 12.2. The van der Waals surface area contributed by atoms with Crippen LogP contribution in [0.1, 0.15) is 12.0 Å². The van der Waals surface area contributed by atoms with Crippen LogP contribution in [0.4, 0.5) is 11.4 Å². The van der Waals surface area contributed by atoms with Gasteiger partial charge < -0.3 is 19.7 Å². The van der Waals surface area contributed by atoms with Crippen molar-refractivity contribution in [3.8, 4) is 17.2 Å². The van der Waals surface area contributed by atoms with Crippen LogP contribution in [-0.2, 0) is 9.59 Å². The Kier molecular flexibility index (Phi) is 5.52. The first-order chi connectivity index (χ1) is 15.0. The molecule has 0 radical (unpaired) electrons. The summed E-state index contributed by atoms with van der Waals surface area (Å²) in [7, 11) is 3.09. The normalized spacial score (nSPS) is 15.8. The molecule has 1 N–H and O–H groups in total. The van der Waals surface area contributed by atoms with E-state index in [0.717, 1.165) is 11.3 Å². The molecule has 10 nitrogen and oxygen atoms in total. The van der Waals surface area contributed by atoms with E-state index in [4.69, 9.17) is 9.47 Å². The molecule has 1 aliphatic rings. The summed E-state index contributed by atoms with van der Waals surface area (Å²) in [6.45, 7) is 2.18. The van der Waals surface area contributed by atoms with Crippen LogP contribution >= 0.6 is 0 Å². The van der Waals surface area contributed by atoms with E-state index >= 15 is 0 Å². The van der Waals surface area contributed by atoms with Crippen LogP contribution in [0.25, 0.3) is 5.69 Å². The lowest BCUT2D eigenvalue weighted by atomic mass is 10.1. The highest BCUT2D eigenvalue weighted by Gasteiger charge is 2.36. The fourth-order valence-electron chi connectivity index (χ4n) is 3.63. The molecule has 4 rings (SSSR count). The maximum Gasteiger partial charge on any atom is 0.229 e. The second-order valence-corrected chi connectivity index (χ2v) is 7.19. The van der Waals surface area contributed by atoms with Gasteiger partial charge in [-0.05, 0) is 53.2 Å². The van der Waals surface area contributed by atoms with Gasteiger partial charge in [-0.1, -0.05) is 0 Å². The Bertz CT molecular complexity index is 1120. The number of ether oxygens (including phenoxy) is 2. The lowest BCUT2D eigenvalue weighted by Crippen LogP contribution is -2.28. The number of amides is 2. The zero-order chi connectivity index (χ0) is 22.0. The van der Waals surface area contributed by atoms with Crippen LogP contribution in [0.2, 0.25) is 0 Å². The minimum atomic E-state index is -0.473. The zero-order valence-corrected chi connectivity index (χ0v) is 17.4. The van der Waals surface area contributed by atoms with E-state index < -0.39 is 5.92 Å². The van der Waals surface area contributed by atoms with Gasteiger partial charge >= 0.3 is 0 Å². The van der Waals surface area contributed by atoms with Gasteiger partial charge in [0.25, 0.3) is 0 Å². The molecule has 160 valence electrons. The van der Waals surface area contributed by atoms with Crippen LogP contribution in [0, 0.1) is 12.8 Å². The molecule has 1 aromatic heterocycles. The molecule has 1 fully saturated rings. The Morgan fingerprint density at radius 1 is 1.13 bits per heavy atom. The van der Waals surface area contributed by atoms with E-state index in [9.17, 15) is 9.59 Å². The number of hydrogen-bond donors (Lipinski definition) is 1. The van der Waals surface area contributed by atoms with E-state index in [1.54, 1.807) is 41.0 Å². The summed E-state index contributed by atoms with van der Waals surface area (Å²) in [6.07, 6.45) is 1.63. The molecule has 2 heterocycles. The Balaban J connectivity index is 1.47. The summed E-state index contributed by atoms with van der Waals surface area (Å²) in [4.78, 5) is 27.0. The Labute approximate surface area is 178 Å². The molecule has 31 heavy (non-hydrogen) atoms. The van der Waals surface area contributed by atoms with E-state index in [-0.39, 0.29) is 24.8 Å². The number of carbonyl (C=O) groups is 2. The third kappa shape index (κ3) is 4.04. The van der Waals surface area contributed by atoms with Gasteiger partial charge in [0.15, 0.2) is 0 Å².